The van der Waals surface area contributed by atoms with E-state index in [1.807, 2.05) is 27.7 Å². The Labute approximate surface area is 172 Å². The smallest absolute Gasteiger partial charge is 0.415 e. The van der Waals surface area contributed by atoms with E-state index >= 15 is 0 Å². The first-order chi connectivity index (χ1) is 13.5. The van der Waals surface area contributed by atoms with Gasteiger partial charge < -0.3 is 14.4 Å². The van der Waals surface area contributed by atoms with Crippen molar-refractivity contribution in [3.05, 3.63) is 36.1 Å². The summed E-state index contributed by atoms with van der Waals surface area (Å²) in [6.07, 6.45) is 3.21. The van der Waals surface area contributed by atoms with Gasteiger partial charge in [-0.2, -0.15) is 5.26 Å². The summed E-state index contributed by atoms with van der Waals surface area (Å²) in [5.41, 5.74) is -1.32. The number of methoxy groups -OCH3 is 1. The Hall–Kier alpha value is -3.08. The van der Waals surface area contributed by atoms with Crippen molar-refractivity contribution in [1.29, 1.82) is 5.26 Å². The fourth-order valence-electron chi connectivity index (χ4n) is 3.17. The van der Waals surface area contributed by atoms with Crippen LogP contribution in [-0.2, 0) is 19.1 Å². The van der Waals surface area contributed by atoms with Gasteiger partial charge in [-0.3, -0.25) is 9.69 Å². The van der Waals surface area contributed by atoms with Crippen molar-refractivity contribution in [2.45, 2.75) is 58.7 Å². The van der Waals surface area contributed by atoms with Crippen molar-refractivity contribution in [3.8, 4) is 6.07 Å². The summed E-state index contributed by atoms with van der Waals surface area (Å²) in [5, 5.41) is 9.87. The molecule has 0 fully saturated rings. The maximum atomic E-state index is 13.0. The fourth-order valence-corrected chi connectivity index (χ4v) is 3.17. The zero-order valence-electron chi connectivity index (χ0n) is 17.9. The van der Waals surface area contributed by atoms with Crippen LogP contribution >= 0.6 is 0 Å². The molecule has 158 valence electrons. The van der Waals surface area contributed by atoms with Crippen LogP contribution in [0.2, 0.25) is 0 Å². The van der Waals surface area contributed by atoms with E-state index in [0.29, 0.717) is 0 Å². The Bertz CT molecular complexity index is 768. The molecule has 1 rings (SSSR count). The van der Waals surface area contributed by atoms with Crippen molar-refractivity contribution in [3.63, 3.8) is 0 Å². The molecule has 0 saturated carbocycles. The van der Waals surface area contributed by atoms with Crippen molar-refractivity contribution in [2.75, 3.05) is 13.7 Å². The van der Waals surface area contributed by atoms with Gasteiger partial charge in [0.05, 0.1) is 25.4 Å². The summed E-state index contributed by atoms with van der Waals surface area (Å²) >= 11 is 0. The average Bonchev–Trinajstić information content (AvgIpc) is 2.66. The molecule has 8 nitrogen and oxygen atoms in total. The highest BCUT2D eigenvalue weighted by atomic mass is 16.6. The zero-order valence-corrected chi connectivity index (χ0v) is 17.9. The van der Waals surface area contributed by atoms with E-state index in [4.69, 9.17) is 4.74 Å². The van der Waals surface area contributed by atoms with Gasteiger partial charge in [-0.25, -0.2) is 9.59 Å². The predicted octanol–water partition coefficient (Wildman–Crippen LogP) is 2.93. The van der Waals surface area contributed by atoms with Crippen molar-refractivity contribution in [2.24, 2.45) is 0 Å². The molecule has 2 amide bonds. The van der Waals surface area contributed by atoms with Gasteiger partial charge in [-0.15, -0.1) is 0 Å². The first kappa shape index (κ1) is 24.0. The molecule has 0 aliphatic carbocycles. The molecule has 0 aromatic rings. The second kappa shape index (κ2) is 9.92. The Balaban J connectivity index is 3.41. The number of hydrogen-bond donors (Lipinski definition) is 0. The quantitative estimate of drug-likeness (QED) is 0.479. The molecule has 1 aliphatic heterocycles. The van der Waals surface area contributed by atoms with Crippen LogP contribution in [0.5, 0.6) is 0 Å². The van der Waals surface area contributed by atoms with E-state index in [9.17, 15) is 19.6 Å². The lowest BCUT2D eigenvalue weighted by Crippen LogP contribution is -2.50. The van der Waals surface area contributed by atoms with E-state index in [2.05, 4.69) is 17.4 Å². The van der Waals surface area contributed by atoms with E-state index in [1.165, 1.54) is 25.5 Å². The summed E-state index contributed by atoms with van der Waals surface area (Å²) in [4.78, 5) is 40.1. The molecule has 1 heterocycles. The molecule has 0 aromatic heterocycles. The fraction of sp³-hybridized carbons (Fsp3) is 0.524. The first-order valence-corrected chi connectivity index (χ1v) is 9.41. The highest BCUT2D eigenvalue weighted by molar-refractivity contribution is 5.97. The van der Waals surface area contributed by atoms with Gasteiger partial charge in [0.15, 0.2) is 5.54 Å². The lowest BCUT2D eigenvalue weighted by molar-refractivity contribution is -0.136. The Morgan fingerprint density at radius 1 is 1.28 bits per heavy atom. The minimum absolute atomic E-state index is 0.0159. The summed E-state index contributed by atoms with van der Waals surface area (Å²) < 4.78 is 9.72. The van der Waals surface area contributed by atoms with E-state index in [1.54, 1.807) is 11.8 Å². The largest absolute Gasteiger partial charge is 0.466 e. The van der Waals surface area contributed by atoms with Crippen LogP contribution in [0.25, 0.3) is 0 Å². The van der Waals surface area contributed by atoms with E-state index in [-0.39, 0.29) is 42.2 Å². The monoisotopic (exact) mass is 403 g/mol. The molecule has 0 aromatic carbocycles. The van der Waals surface area contributed by atoms with Gasteiger partial charge in [0, 0.05) is 30.3 Å². The number of carbonyl (C=O) groups is 3. The van der Waals surface area contributed by atoms with Crippen LogP contribution in [0.4, 0.5) is 4.79 Å². The van der Waals surface area contributed by atoms with E-state index in [0.717, 1.165) is 4.90 Å². The molecule has 1 atom stereocenters. The van der Waals surface area contributed by atoms with Crippen LogP contribution in [-0.4, -0.2) is 59.1 Å². The SMILES string of the molecule is C=C(CC1(C#N)C=CC(C(=O)N(C(C)C)C(C)C)=CN1C(=O)OCC)C(=O)OC. The number of amides is 2. The number of nitriles is 1. The second-order valence-corrected chi connectivity index (χ2v) is 7.19. The van der Waals surface area contributed by atoms with Crippen LogP contribution < -0.4 is 0 Å². The van der Waals surface area contributed by atoms with Crippen molar-refractivity contribution in [1.82, 2.24) is 9.80 Å². The number of nitrogens with zero attached hydrogens (tertiary/aromatic N) is 3. The minimum atomic E-state index is -1.57. The molecular formula is C21H29N3O5. The number of carbonyl (C=O) groups excluding carboxylic acids is 3. The third-order valence-electron chi connectivity index (χ3n) is 4.45. The molecule has 1 aliphatic rings. The third kappa shape index (κ3) is 5.25. The number of rotatable bonds is 7. The van der Waals surface area contributed by atoms with Crippen LogP contribution in [0.1, 0.15) is 41.0 Å². The molecule has 0 spiro atoms. The minimum Gasteiger partial charge on any atom is -0.466 e. The van der Waals surface area contributed by atoms with Gasteiger partial charge in [-0.05, 0) is 46.8 Å². The molecule has 0 bridgehead atoms. The summed E-state index contributed by atoms with van der Waals surface area (Å²) in [7, 11) is 1.20. The Kier molecular flexibility index (Phi) is 8.19. The number of hydrogen-bond acceptors (Lipinski definition) is 6. The molecule has 0 saturated heterocycles. The third-order valence-corrected chi connectivity index (χ3v) is 4.45. The Morgan fingerprint density at radius 2 is 1.86 bits per heavy atom. The van der Waals surface area contributed by atoms with Gasteiger partial charge in [0.1, 0.15) is 0 Å². The zero-order chi connectivity index (χ0) is 22.4. The van der Waals surface area contributed by atoms with Gasteiger partial charge in [0.2, 0.25) is 0 Å². The second-order valence-electron chi connectivity index (χ2n) is 7.19. The highest BCUT2D eigenvalue weighted by Gasteiger charge is 2.43. The lowest BCUT2D eigenvalue weighted by atomic mass is 9.87. The highest BCUT2D eigenvalue weighted by Crippen LogP contribution is 2.32. The Morgan fingerprint density at radius 3 is 2.31 bits per heavy atom. The van der Waals surface area contributed by atoms with Crippen LogP contribution in [0.15, 0.2) is 36.1 Å². The lowest BCUT2D eigenvalue weighted by Gasteiger charge is -2.38. The molecule has 8 heteroatoms. The van der Waals surface area contributed by atoms with Crippen LogP contribution in [0.3, 0.4) is 0 Å². The molecule has 1 unspecified atom stereocenters. The summed E-state index contributed by atoms with van der Waals surface area (Å²) in [6.45, 7) is 13.0. The van der Waals surface area contributed by atoms with Gasteiger partial charge in [0.25, 0.3) is 5.91 Å². The first-order valence-electron chi connectivity index (χ1n) is 9.41. The summed E-state index contributed by atoms with van der Waals surface area (Å²) in [6, 6.07) is 1.93. The average molecular weight is 403 g/mol. The van der Waals surface area contributed by atoms with Crippen LogP contribution in [0, 0.1) is 11.3 Å². The van der Waals surface area contributed by atoms with Gasteiger partial charge >= 0.3 is 12.1 Å². The predicted molar refractivity (Wildman–Crippen MR) is 107 cm³/mol. The summed E-state index contributed by atoms with van der Waals surface area (Å²) in [5.74, 6) is -0.965. The van der Waals surface area contributed by atoms with Crippen molar-refractivity contribution < 1.29 is 23.9 Å². The van der Waals surface area contributed by atoms with Crippen molar-refractivity contribution >= 4 is 18.0 Å². The normalized spacial score (nSPS) is 18.2. The standard InChI is InChI=1S/C21H29N3O5/c1-8-29-20(27)23-12-17(18(25)24(14(2)3)15(4)5)9-10-21(23,13-22)11-16(6)19(26)28-7/h9-10,12,14-15H,6,8,11H2,1-5,7H3. The molecule has 0 N–H and O–H groups in total. The molecular weight excluding hydrogens is 374 g/mol. The maximum absolute atomic E-state index is 13.0. The molecule has 29 heavy (non-hydrogen) atoms. The van der Waals surface area contributed by atoms with E-state index < -0.39 is 17.6 Å². The van der Waals surface area contributed by atoms with Gasteiger partial charge in [-0.1, -0.05) is 6.58 Å². The number of ether oxygens (including phenoxy) is 2. The topological polar surface area (TPSA) is 99.9 Å². The molecule has 0 radical (unpaired) electrons. The number of esters is 1. The maximum Gasteiger partial charge on any atom is 0.415 e.